The molecule has 2 aromatic rings. The van der Waals surface area contributed by atoms with Gasteiger partial charge in [0.2, 0.25) is 10.0 Å². The Kier molecular flexibility index (Phi) is 4.45. The molecule has 0 bridgehead atoms. The smallest absolute Gasteiger partial charge is 0.211 e. The minimum atomic E-state index is -3.06. The van der Waals surface area contributed by atoms with Crippen molar-refractivity contribution >= 4 is 10.0 Å². The van der Waals surface area contributed by atoms with E-state index >= 15 is 0 Å². The third-order valence-electron chi connectivity index (χ3n) is 4.21. The van der Waals surface area contributed by atoms with Gasteiger partial charge in [-0.05, 0) is 38.2 Å². The van der Waals surface area contributed by atoms with Crippen LogP contribution in [0.3, 0.4) is 0 Å². The molecule has 0 unspecified atom stereocenters. The van der Waals surface area contributed by atoms with Gasteiger partial charge < -0.3 is 0 Å². The van der Waals surface area contributed by atoms with Gasteiger partial charge in [0.15, 0.2) is 0 Å². The van der Waals surface area contributed by atoms with E-state index in [-0.39, 0.29) is 0 Å². The average Bonchev–Trinajstić information content (AvgIpc) is 2.94. The van der Waals surface area contributed by atoms with E-state index in [0.29, 0.717) is 19.0 Å². The maximum atomic E-state index is 11.5. The summed E-state index contributed by atoms with van der Waals surface area (Å²) in [4.78, 5) is 8.91. The molecule has 0 saturated carbocycles. The number of aromatic amines is 1. The van der Waals surface area contributed by atoms with E-state index in [0.717, 1.165) is 42.0 Å². The highest BCUT2D eigenvalue weighted by atomic mass is 32.2. The first-order valence-corrected chi connectivity index (χ1v) is 9.55. The van der Waals surface area contributed by atoms with Crippen LogP contribution in [0.2, 0.25) is 0 Å². The zero-order valence-electron chi connectivity index (χ0n) is 13.4. The Morgan fingerprint density at radius 2 is 1.96 bits per heavy atom. The number of nitrogens with one attached hydrogen (secondary N) is 1. The number of aryl methyl sites for hydroxylation is 1. The van der Waals surface area contributed by atoms with Crippen molar-refractivity contribution in [3.63, 3.8) is 0 Å². The van der Waals surface area contributed by atoms with E-state index in [4.69, 9.17) is 0 Å². The third-order valence-corrected chi connectivity index (χ3v) is 5.52. The van der Waals surface area contributed by atoms with E-state index in [1.165, 1.54) is 6.26 Å². The van der Waals surface area contributed by atoms with Gasteiger partial charge in [-0.3, -0.25) is 15.1 Å². The van der Waals surface area contributed by atoms with Gasteiger partial charge in [0.25, 0.3) is 0 Å². The summed E-state index contributed by atoms with van der Waals surface area (Å²) in [5.41, 5.74) is 3.48. The minimum absolute atomic E-state index is 0.459. The molecule has 0 amide bonds. The normalized spacial score (nSPS) is 17.5. The Balaban J connectivity index is 1.59. The number of aromatic nitrogens is 4. The molecule has 0 spiro atoms. The fourth-order valence-electron chi connectivity index (χ4n) is 2.88. The zero-order chi connectivity index (χ0) is 16.4. The van der Waals surface area contributed by atoms with Crippen LogP contribution >= 0.6 is 0 Å². The van der Waals surface area contributed by atoms with Crippen molar-refractivity contribution in [3.8, 4) is 11.4 Å². The Hall–Kier alpha value is -1.80. The lowest BCUT2D eigenvalue weighted by atomic mass is 9.93. The summed E-state index contributed by atoms with van der Waals surface area (Å²) >= 11 is 0. The van der Waals surface area contributed by atoms with E-state index in [1.54, 1.807) is 16.7 Å². The Labute approximate surface area is 136 Å². The second-order valence-corrected chi connectivity index (χ2v) is 8.12. The highest BCUT2D eigenvalue weighted by Gasteiger charge is 2.25. The van der Waals surface area contributed by atoms with Crippen molar-refractivity contribution < 1.29 is 8.42 Å². The summed E-state index contributed by atoms with van der Waals surface area (Å²) in [7, 11) is -3.06. The van der Waals surface area contributed by atoms with E-state index in [1.807, 2.05) is 13.0 Å². The molecular formula is C15H21N5O2S. The first kappa shape index (κ1) is 16.1. The maximum absolute atomic E-state index is 11.5. The molecule has 1 N–H and O–H groups in total. The lowest BCUT2D eigenvalue weighted by Gasteiger charge is -2.29. The van der Waals surface area contributed by atoms with Gasteiger partial charge in [-0.2, -0.15) is 5.10 Å². The summed E-state index contributed by atoms with van der Waals surface area (Å²) in [6, 6.07) is 1.94. The Morgan fingerprint density at radius 3 is 2.48 bits per heavy atom. The number of piperidine rings is 1. The molecule has 124 valence electrons. The molecule has 0 aliphatic carbocycles. The van der Waals surface area contributed by atoms with Crippen molar-refractivity contribution in [2.24, 2.45) is 5.92 Å². The molecule has 1 aliphatic heterocycles. The van der Waals surface area contributed by atoms with Crippen LogP contribution in [0.4, 0.5) is 0 Å². The molecule has 1 saturated heterocycles. The second-order valence-electron chi connectivity index (χ2n) is 6.14. The van der Waals surface area contributed by atoms with Crippen molar-refractivity contribution in [3.05, 3.63) is 29.8 Å². The van der Waals surface area contributed by atoms with Crippen molar-refractivity contribution in [2.45, 2.75) is 26.2 Å². The maximum Gasteiger partial charge on any atom is 0.211 e. The predicted molar refractivity (Wildman–Crippen MR) is 87.2 cm³/mol. The summed E-state index contributed by atoms with van der Waals surface area (Å²) in [6.07, 6.45) is 7.39. The monoisotopic (exact) mass is 335 g/mol. The van der Waals surface area contributed by atoms with Crippen molar-refractivity contribution in [1.82, 2.24) is 24.5 Å². The molecule has 0 radical (unpaired) electrons. The quantitative estimate of drug-likeness (QED) is 0.911. The van der Waals surface area contributed by atoms with Crippen LogP contribution in [0.25, 0.3) is 11.4 Å². The average molecular weight is 335 g/mol. The van der Waals surface area contributed by atoms with Gasteiger partial charge in [-0.1, -0.05) is 0 Å². The molecule has 23 heavy (non-hydrogen) atoms. The second kappa shape index (κ2) is 6.37. The van der Waals surface area contributed by atoms with Crippen molar-refractivity contribution in [1.29, 1.82) is 0 Å². The number of hydrogen-bond acceptors (Lipinski definition) is 5. The number of sulfonamides is 1. The number of nitrogens with zero attached hydrogens (tertiary/aromatic N) is 4. The Morgan fingerprint density at radius 1 is 1.22 bits per heavy atom. The zero-order valence-corrected chi connectivity index (χ0v) is 14.2. The molecular weight excluding hydrogens is 314 g/mol. The highest BCUT2D eigenvalue weighted by molar-refractivity contribution is 7.88. The molecule has 8 heteroatoms. The van der Waals surface area contributed by atoms with Gasteiger partial charge in [0.1, 0.15) is 11.4 Å². The van der Waals surface area contributed by atoms with E-state index in [9.17, 15) is 8.42 Å². The van der Waals surface area contributed by atoms with Gasteiger partial charge >= 0.3 is 0 Å². The fraction of sp³-hybridized carbons (Fsp3) is 0.533. The Bertz CT molecular complexity index is 761. The number of H-pyrrole nitrogens is 1. The summed E-state index contributed by atoms with van der Waals surface area (Å²) in [6.45, 7) is 3.14. The highest BCUT2D eigenvalue weighted by Crippen LogP contribution is 2.22. The van der Waals surface area contributed by atoms with Gasteiger partial charge in [-0.25, -0.2) is 12.7 Å². The molecule has 3 heterocycles. The largest absolute Gasteiger partial charge is 0.282 e. The standard InChI is InChI=1S/C15H21N5O2S/c1-11-7-14(19-18-11)15-10-16-13(9-17-15)8-12-3-5-20(6-4-12)23(2,21)22/h7,9-10,12H,3-6,8H2,1-2H3,(H,18,19). The molecule has 3 rings (SSSR count). The van der Waals surface area contributed by atoms with E-state index < -0.39 is 10.0 Å². The van der Waals surface area contributed by atoms with Crippen LogP contribution in [0.1, 0.15) is 24.2 Å². The molecule has 2 aromatic heterocycles. The molecule has 1 fully saturated rings. The van der Waals surface area contributed by atoms with Gasteiger partial charge in [-0.15, -0.1) is 0 Å². The van der Waals surface area contributed by atoms with Crippen LogP contribution in [0.15, 0.2) is 18.5 Å². The SMILES string of the molecule is Cc1cc(-c2cnc(CC3CCN(S(C)(=O)=O)CC3)cn2)n[nH]1. The van der Waals surface area contributed by atoms with Crippen LogP contribution in [-0.2, 0) is 16.4 Å². The first-order valence-electron chi connectivity index (χ1n) is 7.70. The molecule has 7 nitrogen and oxygen atoms in total. The lowest BCUT2D eigenvalue weighted by Crippen LogP contribution is -2.38. The minimum Gasteiger partial charge on any atom is -0.282 e. The third kappa shape index (κ3) is 3.94. The number of rotatable bonds is 4. The molecule has 0 atom stereocenters. The van der Waals surface area contributed by atoms with Gasteiger partial charge in [0.05, 0.1) is 18.1 Å². The lowest BCUT2D eigenvalue weighted by molar-refractivity contribution is 0.273. The summed E-state index contributed by atoms with van der Waals surface area (Å²) in [5, 5.41) is 7.06. The van der Waals surface area contributed by atoms with Gasteiger partial charge in [0, 0.05) is 25.0 Å². The van der Waals surface area contributed by atoms with Crippen LogP contribution < -0.4 is 0 Å². The summed E-state index contributed by atoms with van der Waals surface area (Å²) < 4.78 is 24.6. The van der Waals surface area contributed by atoms with Crippen molar-refractivity contribution in [2.75, 3.05) is 19.3 Å². The van der Waals surface area contributed by atoms with E-state index in [2.05, 4.69) is 20.2 Å². The topological polar surface area (TPSA) is 91.8 Å². The van der Waals surface area contributed by atoms with Crippen LogP contribution in [0.5, 0.6) is 0 Å². The number of hydrogen-bond donors (Lipinski definition) is 1. The van der Waals surface area contributed by atoms with Crippen LogP contribution in [0, 0.1) is 12.8 Å². The van der Waals surface area contributed by atoms with Crippen LogP contribution in [-0.4, -0.2) is 52.2 Å². The molecule has 1 aliphatic rings. The first-order chi connectivity index (χ1) is 10.9. The molecule has 0 aromatic carbocycles. The summed E-state index contributed by atoms with van der Waals surface area (Å²) in [5.74, 6) is 0.459. The predicted octanol–water partition coefficient (Wildman–Crippen LogP) is 1.39. The fourth-order valence-corrected chi connectivity index (χ4v) is 3.76.